The Hall–Kier alpha value is -3.25. The molecule has 3 aromatic heterocycles. The van der Waals surface area contributed by atoms with Crippen molar-refractivity contribution in [2.24, 2.45) is 0 Å². The Bertz CT molecular complexity index is 1140. The first-order chi connectivity index (χ1) is 13.3. The van der Waals surface area contributed by atoms with E-state index in [-0.39, 0.29) is 11.7 Å². The average molecular weight is 357 g/mol. The number of pyridine rings is 2. The lowest BCUT2D eigenvalue weighted by molar-refractivity contribution is 0.537. The van der Waals surface area contributed by atoms with E-state index in [9.17, 15) is 4.79 Å². The quantitative estimate of drug-likeness (QED) is 0.612. The van der Waals surface area contributed by atoms with E-state index >= 15 is 0 Å². The topological polar surface area (TPSA) is 64.7 Å². The van der Waals surface area contributed by atoms with Crippen LogP contribution in [0.5, 0.6) is 0 Å². The molecule has 0 radical (unpaired) electrons. The predicted molar refractivity (Wildman–Crippen MR) is 105 cm³/mol. The Balaban J connectivity index is 1.65. The predicted octanol–water partition coefficient (Wildman–Crippen LogP) is 2.78. The molecule has 4 heterocycles. The zero-order chi connectivity index (χ0) is 18.2. The lowest BCUT2D eigenvalue weighted by Crippen LogP contribution is -2.28. The van der Waals surface area contributed by atoms with Crippen molar-refractivity contribution in [2.75, 3.05) is 13.1 Å². The number of nitrogens with one attached hydrogen (secondary N) is 1. The molecule has 4 aromatic rings. The first-order valence-electron chi connectivity index (χ1n) is 9.12. The van der Waals surface area contributed by atoms with Gasteiger partial charge in [0.1, 0.15) is 0 Å². The molecule has 1 atom stereocenters. The number of benzene rings is 1. The van der Waals surface area contributed by atoms with Crippen LogP contribution in [0.1, 0.15) is 12.5 Å². The van der Waals surface area contributed by atoms with Crippen LogP contribution < -0.4 is 11.0 Å². The second-order valence-corrected chi connectivity index (χ2v) is 6.76. The molecule has 1 aliphatic rings. The molecule has 6 heteroatoms. The van der Waals surface area contributed by atoms with Crippen molar-refractivity contribution < 1.29 is 0 Å². The monoisotopic (exact) mass is 357 g/mol. The molecule has 0 saturated carbocycles. The Labute approximate surface area is 156 Å². The molecule has 5 rings (SSSR count). The standard InChI is InChI=1S/C21H19N5O/c27-21-25(17-5-3-15(4-6-17)16-7-11-22-12-8-16)19-2-1-10-24-20(19)26(21)18-9-13-23-14-18/h1-8,10-12,18,23H,9,13-14H2/t18-/m0/s1. The van der Waals surface area contributed by atoms with Gasteiger partial charge in [0.2, 0.25) is 0 Å². The maximum Gasteiger partial charge on any atom is 0.335 e. The molecule has 1 aromatic carbocycles. The summed E-state index contributed by atoms with van der Waals surface area (Å²) in [5.41, 5.74) is 4.59. The molecule has 1 fully saturated rings. The van der Waals surface area contributed by atoms with Gasteiger partial charge >= 0.3 is 5.69 Å². The zero-order valence-electron chi connectivity index (χ0n) is 14.7. The molecular weight excluding hydrogens is 338 g/mol. The van der Waals surface area contributed by atoms with Gasteiger partial charge in [0.25, 0.3) is 0 Å². The zero-order valence-corrected chi connectivity index (χ0v) is 14.7. The third-order valence-corrected chi connectivity index (χ3v) is 5.17. The number of fused-ring (bicyclic) bond motifs is 1. The molecule has 0 bridgehead atoms. The van der Waals surface area contributed by atoms with Gasteiger partial charge in [-0.2, -0.15) is 0 Å². The van der Waals surface area contributed by atoms with Crippen LogP contribution in [0, 0.1) is 0 Å². The van der Waals surface area contributed by atoms with Crippen LogP contribution >= 0.6 is 0 Å². The summed E-state index contributed by atoms with van der Waals surface area (Å²) >= 11 is 0. The highest BCUT2D eigenvalue weighted by molar-refractivity contribution is 5.74. The molecule has 0 spiro atoms. The van der Waals surface area contributed by atoms with E-state index in [0.29, 0.717) is 0 Å². The third kappa shape index (κ3) is 2.65. The molecule has 0 unspecified atom stereocenters. The second-order valence-electron chi connectivity index (χ2n) is 6.76. The van der Waals surface area contributed by atoms with Gasteiger partial charge in [-0.1, -0.05) is 12.1 Å². The minimum Gasteiger partial charge on any atom is -0.315 e. The number of hydrogen-bond donors (Lipinski definition) is 1. The lowest BCUT2D eigenvalue weighted by Gasteiger charge is -2.09. The van der Waals surface area contributed by atoms with Gasteiger partial charge in [-0.25, -0.2) is 9.78 Å². The third-order valence-electron chi connectivity index (χ3n) is 5.17. The smallest absolute Gasteiger partial charge is 0.315 e. The van der Waals surface area contributed by atoms with Gasteiger partial charge in [0.05, 0.1) is 17.2 Å². The number of aromatic nitrogens is 4. The van der Waals surface area contributed by atoms with E-state index in [0.717, 1.165) is 47.5 Å². The maximum atomic E-state index is 13.3. The molecular formula is C21H19N5O. The van der Waals surface area contributed by atoms with E-state index < -0.39 is 0 Å². The van der Waals surface area contributed by atoms with E-state index in [4.69, 9.17) is 0 Å². The average Bonchev–Trinajstić information content (AvgIpc) is 3.34. The molecule has 27 heavy (non-hydrogen) atoms. The largest absolute Gasteiger partial charge is 0.335 e. The Morgan fingerprint density at radius 1 is 0.963 bits per heavy atom. The van der Waals surface area contributed by atoms with Crippen molar-refractivity contribution in [1.82, 2.24) is 24.4 Å². The summed E-state index contributed by atoms with van der Waals surface area (Å²) in [6, 6.07) is 16.0. The molecule has 0 amide bonds. The minimum absolute atomic E-state index is 0.0333. The fourth-order valence-corrected chi connectivity index (χ4v) is 3.84. The SMILES string of the molecule is O=c1n(-c2ccc(-c3ccncc3)cc2)c2cccnc2n1[C@H]1CCNC1. The van der Waals surface area contributed by atoms with E-state index in [1.54, 1.807) is 23.2 Å². The highest BCUT2D eigenvalue weighted by Crippen LogP contribution is 2.24. The van der Waals surface area contributed by atoms with Crippen LogP contribution in [-0.2, 0) is 0 Å². The highest BCUT2D eigenvalue weighted by Gasteiger charge is 2.24. The van der Waals surface area contributed by atoms with Gasteiger partial charge in [-0.3, -0.25) is 14.1 Å². The number of nitrogens with zero attached hydrogens (tertiary/aromatic N) is 4. The van der Waals surface area contributed by atoms with Crippen molar-refractivity contribution in [1.29, 1.82) is 0 Å². The summed E-state index contributed by atoms with van der Waals surface area (Å²) < 4.78 is 3.60. The minimum atomic E-state index is -0.0333. The van der Waals surface area contributed by atoms with Crippen LogP contribution in [0.3, 0.4) is 0 Å². The fourth-order valence-electron chi connectivity index (χ4n) is 3.84. The van der Waals surface area contributed by atoms with Gasteiger partial charge in [-0.05, 0) is 60.5 Å². The summed E-state index contributed by atoms with van der Waals surface area (Å²) in [5.74, 6) is 0. The second kappa shape index (κ2) is 6.48. The first-order valence-corrected chi connectivity index (χ1v) is 9.12. The molecule has 0 aliphatic carbocycles. The Morgan fingerprint density at radius 2 is 1.74 bits per heavy atom. The summed E-state index contributed by atoms with van der Waals surface area (Å²) in [5, 5.41) is 3.34. The van der Waals surface area contributed by atoms with Crippen LogP contribution in [0.4, 0.5) is 0 Å². The van der Waals surface area contributed by atoms with Crippen molar-refractivity contribution in [3.05, 3.63) is 77.6 Å². The number of rotatable bonds is 3. The molecule has 1 aliphatic heterocycles. The normalized spacial score (nSPS) is 16.8. The highest BCUT2D eigenvalue weighted by atomic mass is 16.1. The van der Waals surface area contributed by atoms with Gasteiger partial charge in [0, 0.05) is 25.1 Å². The van der Waals surface area contributed by atoms with E-state index in [1.165, 1.54) is 0 Å². The Morgan fingerprint density at radius 3 is 2.48 bits per heavy atom. The Kier molecular flexibility index (Phi) is 3.83. The molecule has 134 valence electrons. The number of hydrogen-bond acceptors (Lipinski definition) is 4. The fraction of sp³-hybridized carbons (Fsp3) is 0.190. The van der Waals surface area contributed by atoms with E-state index in [1.807, 2.05) is 53.1 Å². The van der Waals surface area contributed by atoms with Gasteiger partial charge in [0.15, 0.2) is 5.65 Å². The first kappa shape index (κ1) is 16.0. The molecule has 1 N–H and O–H groups in total. The number of imidazole rings is 1. The summed E-state index contributed by atoms with van der Waals surface area (Å²) in [7, 11) is 0. The van der Waals surface area contributed by atoms with Crippen molar-refractivity contribution in [2.45, 2.75) is 12.5 Å². The summed E-state index contributed by atoms with van der Waals surface area (Å²) in [4.78, 5) is 21.8. The molecule has 6 nitrogen and oxygen atoms in total. The van der Waals surface area contributed by atoms with Crippen LogP contribution in [0.25, 0.3) is 28.0 Å². The van der Waals surface area contributed by atoms with Gasteiger partial charge in [-0.15, -0.1) is 0 Å². The van der Waals surface area contributed by atoms with Crippen molar-refractivity contribution >= 4 is 11.2 Å². The van der Waals surface area contributed by atoms with E-state index in [2.05, 4.69) is 15.3 Å². The van der Waals surface area contributed by atoms with Crippen molar-refractivity contribution in [3.63, 3.8) is 0 Å². The maximum absolute atomic E-state index is 13.3. The van der Waals surface area contributed by atoms with Crippen molar-refractivity contribution in [3.8, 4) is 16.8 Å². The van der Waals surface area contributed by atoms with Crippen LogP contribution in [-0.4, -0.2) is 32.2 Å². The lowest BCUT2D eigenvalue weighted by atomic mass is 10.1. The van der Waals surface area contributed by atoms with Gasteiger partial charge < -0.3 is 5.32 Å². The summed E-state index contributed by atoms with van der Waals surface area (Å²) in [6.07, 6.45) is 6.25. The summed E-state index contributed by atoms with van der Waals surface area (Å²) in [6.45, 7) is 1.73. The van der Waals surface area contributed by atoms with Crippen LogP contribution in [0.2, 0.25) is 0 Å². The van der Waals surface area contributed by atoms with Crippen LogP contribution in [0.15, 0.2) is 71.9 Å². The molecule has 1 saturated heterocycles.